The van der Waals surface area contributed by atoms with Crippen LogP contribution in [0, 0.1) is 13.0 Å². The van der Waals surface area contributed by atoms with E-state index in [4.69, 9.17) is 4.98 Å². The van der Waals surface area contributed by atoms with Crippen LogP contribution in [0.3, 0.4) is 0 Å². The number of aryl methyl sites for hydroxylation is 3. The maximum Gasteiger partial charge on any atom is 0.227 e. The van der Waals surface area contributed by atoms with E-state index in [1.807, 2.05) is 30.6 Å². The fraction of sp³-hybridized carbons (Fsp3) is 0.348. The number of benzene rings is 1. The number of aromatic nitrogens is 3. The molecule has 0 atom stereocenters. The number of nitrogens with zero attached hydrogens (tertiary/aromatic N) is 3. The average Bonchev–Trinajstić information content (AvgIpc) is 2.76. The number of hydrogen-bond donors (Lipinski definition) is 2. The Morgan fingerprint density at radius 1 is 1.07 bits per heavy atom. The summed E-state index contributed by atoms with van der Waals surface area (Å²) >= 11 is 0. The molecule has 1 saturated heterocycles. The minimum absolute atomic E-state index is 0.562. The zero-order valence-corrected chi connectivity index (χ0v) is 16.3. The predicted octanol–water partition coefficient (Wildman–Crippen LogP) is 3.98. The van der Waals surface area contributed by atoms with Crippen LogP contribution < -0.4 is 10.6 Å². The molecular formula is C23H26N5. The van der Waals surface area contributed by atoms with E-state index in [1.54, 1.807) is 0 Å². The van der Waals surface area contributed by atoms with E-state index in [2.05, 4.69) is 51.8 Å². The van der Waals surface area contributed by atoms with Gasteiger partial charge in [-0.05, 0) is 75.0 Å². The molecule has 0 spiro atoms. The average molecular weight is 372 g/mol. The third kappa shape index (κ3) is 4.73. The zero-order chi connectivity index (χ0) is 19.2. The second kappa shape index (κ2) is 8.93. The monoisotopic (exact) mass is 372 g/mol. The first-order chi connectivity index (χ1) is 13.8. The van der Waals surface area contributed by atoms with Crippen molar-refractivity contribution < 1.29 is 0 Å². The Kier molecular flexibility index (Phi) is 5.92. The number of pyridine rings is 1. The van der Waals surface area contributed by atoms with Gasteiger partial charge in [0.1, 0.15) is 0 Å². The van der Waals surface area contributed by atoms with E-state index in [0.29, 0.717) is 11.9 Å². The summed E-state index contributed by atoms with van der Waals surface area (Å²) in [7, 11) is 0. The van der Waals surface area contributed by atoms with Crippen LogP contribution in [0.25, 0.3) is 0 Å². The Bertz CT molecular complexity index is 887. The van der Waals surface area contributed by atoms with Crippen molar-refractivity contribution >= 4 is 11.6 Å². The lowest BCUT2D eigenvalue weighted by Gasteiger charge is -2.22. The molecule has 1 radical (unpaired) electrons. The molecule has 0 aliphatic carbocycles. The molecule has 0 bridgehead atoms. The fourth-order valence-electron chi connectivity index (χ4n) is 3.60. The van der Waals surface area contributed by atoms with Crippen molar-refractivity contribution in [3.05, 3.63) is 77.4 Å². The summed E-state index contributed by atoms with van der Waals surface area (Å²) in [6, 6.07) is 15.6. The van der Waals surface area contributed by atoms with Crippen LogP contribution in [0.1, 0.15) is 41.3 Å². The summed E-state index contributed by atoms with van der Waals surface area (Å²) in [6.07, 6.45) is 7.88. The van der Waals surface area contributed by atoms with Crippen molar-refractivity contribution in [3.8, 4) is 0 Å². The summed E-state index contributed by atoms with van der Waals surface area (Å²) in [5.74, 6) is 1.18. The Morgan fingerprint density at radius 2 is 1.96 bits per heavy atom. The van der Waals surface area contributed by atoms with Crippen molar-refractivity contribution in [2.75, 3.05) is 18.4 Å². The van der Waals surface area contributed by atoms with Gasteiger partial charge in [0.05, 0.1) is 11.9 Å². The highest BCUT2D eigenvalue weighted by atomic mass is 15.1. The Balaban J connectivity index is 1.41. The van der Waals surface area contributed by atoms with Crippen molar-refractivity contribution in [2.24, 2.45) is 0 Å². The van der Waals surface area contributed by atoms with Crippen LogP contribution in [-0.4, -0.2) is 28.0 Å². The quantitative estimate of drug-likeness (QED) is 0.685. The molecule has 3 heterocycles. The first-order valence-electron chi connectivity index (χ1n) is 10.00. The third-order valence-corrected chi connectivity index (χ3v) is 5.28. The summed E-state index contributed by atoms with van der Waals surface area (Å²) < 4.78 is 0. The second-order valence-electron chi connectivity index (χ2n) is 7.33. The highest BCUT2D eigenvalue weighted by molar-refractivity contribution is 5.52. The van der Waals surface area contributed by atoms with Gasteiger partial charge in [-0.25, -0.2) is 9.97 Å². The Hall–Kier alpha value is -2.79. The van der Waals surface area contributed by atoms with E-state index < -0.39 is 0 Å². The third-order valence-electron chi connectivity index (χ3n) is 5.28. The maximum absolute atomic E-state index is 4.72. The van der Waals surface area contributed by atoms with Gasteiger partial charge in [0.15, 0.2) is 0 Å². The molecule has 1 fully saturated rings. The van der Waals surface area contributed by atoms with Crippen molar-refractivity contribution in [2.45, 2.75) is 38.5 Å². The van der Waals surface area contributed by atoms with Gasteiger partial charge < -0.3 is 10.6 Å². The van der Waals surface area contributed by atoms with E-state index in [1.165, 1.54) is 11.3 Å². The molecule has 2 N–H and O–H groups in total. The van der Waals surface area contributed by atoms with Gasteiger partial charge in [-0.3, -0.25) is 4.98 Å². The lowest BCUT2D eigenvalue weighted by molar-refractivity contribution is 0.453. The number of piperidine rings is 1. The zero-order valence-electron chi connectivity index (χ0n) is 16.3. The lowest BCUT2D eigenvalue weighted by atomic mass is 9.94. The van der Waals surface area contributed by atoms with Crippen LogP contribution >= 0.6 is 0 Å². The summed E-state index contributed by atoms with van der Waals surface area (Å²) in [4.78, 5) is 13.8. The number of rotatable bonds is 6. The largest absolute Gasteiger partial charge is 0.323 e. The van der Waals surface area contributed by atoms with Gasteiger partial charge in [0.2, 0.25) is 5.95 Å². The number of hydrogen-bond acceptors (Lipinski definition) is 5. The van der Waals surface area contributed by atoms with Gasteiger partial charge in [-0.15, -0.1) is 0 Å². The van der Waals surface area contributed by atoms with E-state index in [0.717, 1.165) is 55.7 Å². The van der Waals surface area contributed by atoms with E-state index in [9.17, 15) is 0 Å². The predicted molar refractivity (Wildman–Crippen MR) is 112 cm³/mol. The molecule has 0 unspecified atom stereocenters. The van der Waals surface area contributed by atoms with Crippen LogP contribution in [0.15, 0.2) is 48.8 Å². The van der Waals surface area contributed by atoms with Crippen molar-refractivity contribution in [3.63, 3.8) is 0 Å². The normalized spacial score (nSPS) is 14.8. The second-order valence-corrected chi connectivity index (χ2v) is 7.33. The van der Waals surface area contributed by atoms with Crippen molar-refractivity contribution in [1.29, 1.82) is 0 Å². The molecule has 1 aromatic carbocycles. The molecule has 0 saturated carbocycles. The Labute approximate surface area is 166 Å². The van der Waals surface area contributed by atoms with E-state index in [-0.39, 0.29) is 0 Å². The highest BCUT2D eigenvalue weighted by Crippen LogP contribution is 2.24. The molecule has 4 rings (SSSR count). The first-order valence-corrected chi connectivity index (χ1v) is 10.00. The minimum atomic E-state index is 0.562. The molecule has 3 aromatic rings. The molecule has 5 nitrogen and oxygen atoms in total. The molecule has 28 heavy (non-hydrogen) atoms. The van der Waals surface area contributed by atoms with E-state index >= 15 is 0 Å². The van der Waals surface area contributed by atoms with Gasteiger partial charge in [0.25, 0.3) is 0 Å². The molecule has 1 aliphatic rings. The Morgan fingerprint density at radius 3 is 2.71 bits per heavy atom. The summed E-state index contributed by atoms with van der Waals surface area (Å²) in [6.45, 7) is 4.21. The number of nitrogens with one attached hydrogen (secondary N) is 2. The summed E-state index contributed by atoms with van der Waals surface area (Å²) in [5, 5.41) is 6.70. The highest BCUT2D eigenvalue weighted by Gasteiger charge is 2.16. The van der Waals surface area contributed by atoms with Crippen LogP contribution in [0.2, 0.25) is 0 Å². The molecule has 2 aromatic heterocycles. The standard InChI is InChI=1S/C23H26N5/c1-17-15-26-23(28-21(17)9-7-18-5-3-2-4-6-18)27-20-8-10-22(25-16-20)19-11-13-24-14-12-19/h2-5,8,10,15-16,19,24H,7,9,11-14H2,1H3,(H,26,27,28). The topological polar surface area (TPSA) is 62.7 Å². The van der Waals surface area contributed by atoms with Gasteiger partial charge in [0, 0.05) is 23.5 Å². The van der Waals surface area contributed by atoms with Crippen LogP contribution in [0.5, 0.6) is 0 Å². The van der Waals surface area contributed by atoms with Crippen molar-refractivity contribution in [1.82, 2.24) is 20.3 Å². The fourth-order valence-corrected chi connectivity index (χ4v) is 3.60. The lowest BCUT2D eigenvalue weighted by Crippen LogP contribution is -2.27. The van der Waals surface area contributed by atoms with Gasteiger partial charge in [-0.1, -0.05) is 24.3 Å². The van der Waals surface area contributed by atoms with Gasteiger partial charge >= 0.3 is 0 Å². The first kappa shape index (κ1) is 18.6. The molecular weight excluding hydrogens is 346 g/mol. The maximum atomic E-state index is 4.72. The molecule has 5 heteroatoms. The summed E-state index contributed by atoms with van der Waals surface area (Å²) in [5.41, 5.74) is 5.48. The number of anilines is 2. The minimum Gasteiger partial charge on any atom is -0.323 e. The molecule has 143 valence electrons. The van der Waals surface area contributed by atoms with Crippen LogP contribution in [-0.2, 0) is 12.8 Å². The molecule has 1 aliphatic heterocycles. The smallest absolute Gasteiger partial charge is 0.227 e. The SMILES string of the molecule is Cc1cnc(Nc2ccc(C3CCNCC3)nc2)nc1CCc1[c]cccc1. The van der Waals surface area contributed by atoms with Gasteiger partial charge in [-0.2, -0.15) is 0 Å². The van der Waals surface area contributed by atoms with Crippen LogP contribution in [0.4, 0.5) is 11.6 Å². The molecule has 0 amide bonds.